The lowest BCUT2D eigenvalue weighted by Crippen LogP contribution is -2.11. The summed E-state index contributed by atoms with van der Waals surface area (Å²) < 4.78 is 13.5. The topological polar surface area (TPSA) is 44.5 Å². The Balaban J connectivity index is 1.90. The standard InChI is InChI=1S/C16H17Br2NO2/c1-11-8-14(18)9-12(10-19)16(11)21-7-6-20-15-4-2-13(17)3-5-15/h2-5,8-9H,6-7,10,19H2,1H3. The van der Waals surface area contributed by atoms with Gasteiger partial charge in [-0.15, -0.1) is 0 Å². The van der Waals surface area contributed by atoms with Gasteiger partial charge in [-0.25, -0.2) is 0 Å². The van der Waals surface area contributed by atoms with Gasteiger partial charge in [0.2, 0.25) is 0 Å². The first-order valence-corrected chi connectivity index (χ1v) is 8.19. The molecule has 0 atom stereocenters. The molecule has 0 saturated carbocycles. The molecule has 0 spiro atoms. The van der Waals surface area contributed by atoms with Crippen molar-refractivity contribution in [1.82, 2.24) is 0 Å². The van der Waals surface area contributed by atoms with Gasteiger partial charge in [0, 0.05) is 21.1 Å². The van der Waals surface area contributed by atoms with Crippen molar-refractivity contribution >= 4 is 31.9 Å². The molecule has 21 heavy (non-hydrogen) atoms. The Morgan fingerprint density at radius 2 is 1.62 bits per heavy atom. The van der Waals surface area contributed by atoms with E-state index in [0.717, 1.165) is 31.6 Å². The van der Waals surface area contributed by atoms with Crippen molar-refractivity contribution in [3.8, 4) is 11.5 Å². The van der Waals surface area contributed by atoms with Crippen LogP contribution in [-0.2, 0) is 6.54 Å². The second-order valence-corrected chi connectivity index (χ2v) is 6.40. The van der Waals surface area contributed by atoms with Gasteiger partial charge >= 0.3 is 0 Å². The van der Waals surface area contributed by atoms with Crippen LogP contribution < -0.4 is 15.2 Å². The first-order chi connectivity index (χ1) is 10.1. The molecule has 0 bridgehead atoms. The van der Waals surface area contributed by atoms with Crippen molar-refractivity contribution in [2.24, 2.45) is 5.73 Å². The first kappa shape index (κ1) is 16.3. The van der Waals surface area contributed by atoms with Crippen LogP contribution in [-0.4, -0.2) is 13.2 Å². The molecule has 0 radical (unpaired) electrons. The van der Waals surface area contributed by atoms with Crippen molar-refractivity contribution in [3.63, 3.8) is 0 Å². The Morgan fingerprint density at radius 3 is 2.29 bits per heavy atom. The molecule has 0 aliphatic carbocycles. The molecule has 2 aromatic carbocycles. The van der Waals surface area contributed by atoms with Crippen LogP contribution in [0, 0.1) is 6.92 Å². The third kappa shape index (κ3) is 4.73. The lowest BCUT2D eigenvalue weighted by molar-refractivity contribution is 0.215. The van der Waals surface area contributed by atoms with E-state index in [9.17, 15) is 0 Å². The molecule has 0 aliphatic heterocycles. The van der Waals surface area contributed by atoms with Crippen LogP contribution in [0.15, 0.2) is 45.3 Å². The summed E-state index contributed by atoms with van der Waals surface area (Å²) in [5, 5.41) is 0. The van der Waals surface area contributed by atoms with Crippen LogP contribution in [0.1, 0.15) is 11.1 Å². The Morgan fingerprint density at radius 1 is 0.952 bits per heavy atom. The summed E-state index contributed by atoms with van der Waals surface area (Å²) in [5.74, 6) is 1.67. The van der Waals surface area contributed by atoms with E-state index in [4.69, 9.17) is 15.2 Å². The fourth-order valence-electron chi connectivity index (χ4n) is 1.99. The van der Waals surface area contributed by atoms with Crippen LogP contribution in [0.4, 0.5) is 0 Å². The number of ether oxygens (including phenoxy) is 2. The maximum atomic E-state index is 5.82. The highest BCUT2D eigenvalue weighted by atomic mass is 79.9. The Hall–Kier alpha value is -1.04. The molecule has 0 aromatic heterocycles. The molecule has 0 saturated heterocycles. The number of benzene rings is 2. The molecular weight excluding hydrogens is 398 g/mol. The van der Waals surface area contributed by atoms with Crippen LogP contribution >= 0.6 is 31.9 Å². The molecule has 0 aliphatic rings. The predicted molar refractivity (Wildman–Crippen MR) is 91.9 cm³/mol. The Bertz CT molecular complexity index is 600. The van der Waals surface area contributed by atoms with Crippen molar-refractivity contribution in [1.29, 1.82) is 0 Å². The monoisotopic (exact) mass is 413 g/mol. The van der Waals surface area contributed by atoms with Crippen molar-refractivity contribution in [2.45, 2.75) is 13.5 Å². The summed E-state index contributed by atoms with van der Waals surface area (Å²) >= 11 is 6.86. The number of rotatable bonds is 6. The van der Waals surface area contributed by atoms with E-state index in [0.29, 0.717) is 19.8 Å². The average molecular weight is 415 g/mol. The molecule has 2 aromatic rings. The summed E-state index contributed by atoms with van der Waals surface area (Å²) in [6, 6.07) is 11.7. The number of aryl methyl sites for hydroxylation is 1. The van der Waals surface area contributed by atoms with E-state index < -0.39 is 0 Å². The maximum Gasteiger partial charge on any atom is 0.126 e. The minimum atomic E-state index is 0.448. The zero-order chi connectivity index (χ0) is 15.2. The summed E-state index contributed by atoms with van der Waals surface area (Å²) in [6.07, 6.45) is 0. The molecular formula is C16H17Br2NO2. The van der Waals surface area contributed by atoms with Crippen molar-refractivity contribution < 1.29 is 9.47 Å². The lowest BCUT2D eigenvalue weighted by Gasteiger charge is -2.14. The number of nitrogens with two attached hydrogens (primary N) is 1. The molecule has 5 heteroatoms. The zero-order valence-electron chi connectivity index (χ0n) is 11.7. The number of hydrogen-bond donors (Lipinski definition) is 1. The smallest absolute Gasteiger partial charge is 0.126 e. The normalized spacial score (nSPS) is 10.5. The van der Waals surface area contributed by atoms with Gasteiger partial charge in [-0.3, -0.25) is 0 Å². The highest BCUT2D eigenvalue weighted by Crippen LogP contribution is 2.27. The summed E-state index contributed by atoms with van der Waals surface area (Å²) in [5.41, 5.74) is 7.82. The minimum Gasteiger partial charge on any atom is -0.490 e. The van der Waals surface area contributed by atoms with Crippen LogP contribution in [0.2, 0.25) is 0 Å². The first-order valence-electron chi connectivity index (χ1n) is 6.60. The predicted octanol–water partition coefficient (Wildman–Crippen LogP) is 4.44. The number of halogens is 2. The van der Waals surface area contributed by atoms with Crippen LogP contribution in [0.25, 0.3) is 0 Å². The third-order valence-electron chi connectivity index (χ3n) is 2.95. The summed E-state index contributed by atoms with van der Waals surface area (Å²) in [7, 11) is 0. The van der Waals surface area contributed by atoms with Gasteiger partial charge in [0.25, 0.3) is 0 Å². The summed E-state index contributed by atoms with van der Waals surface area (Å²) in [6.45, 7) is 3.42. The molecule has 112 valence electrons. The average Bonchev–Trinajstić information content (AvgIpc) is 2.46. The SMILES string of the molecule is Cc1cc(Br)cc(CN)c1OCCOc1ccc(Br)cc1. The molecule has 0 heterocycles. The Labute approximate surface area is 141 Å². The largest absolute Gasteiger partial charge is 0.490 e. The van der Waals surface area contributed by atoms with Gasteiger partial charge in [0.05, 0.1) is 0 Å². The lowest BCUT2D eigenvalue weighted by atomic mass is 10.1. The molecule has 0 unspecified atom stereocenters. The molecule has 0 amide bonds. The minimum absolute atomic E-state index is 0.448. The van der Waals surface area contributed by atoms with Gasteiger partial charge in [0.15, 0.2) is 0 Å². The number of hydrogen-bond acceptors (Lipinski definition) is 3. The van der Waals surface area contributed by atoms with Gasteiger partial charge in [-0.05, 0) is 48.9 Å². The van der Waals surface area contributed by atoms with E-state index in [1.54, 1.807) is 0 Å². The summed E-state index contributed by atoms with van der Waals surface area (Å²) in [4.78, 5) is 0. The van der Waals surface area contributed by atoms with Gasteiger partial charge < -0.3 is 15.2 Å². The molecule has 3 nitrogen and oxygen atoms in total. The molecule has 2 rings (SSSR count). The van der Waals surface area contributed by atoms with E-state index in [1.165, 1.54) is 0 Å². The van der Waals surface area contributed by atoms with Crippen LogP contribution in [0.5, 0.6) is 11.5 Å². The van der Waals surface area contributed by atoms with E-state index in [-0.39, 0.29) is 0 Å². The van der Waals surface area contributed by atoms with E-state index >= 15 is 0 Å². The second-order valence-electron chi connectivity index (χ2n) is 4.57. The fourth-order valence-corrected chi connectivity index (χ4v) is 2.88. The second kappa shape index (κ2) is 7.82. The molecule has 2 N–H and O–H groups in total. The third-order valence-corrected chi connectivity index (χ3v) is 3.93. The van der Waals surface area contributed by atoms with Crippen molar-refractivity contribution in [3.05, 3.63) is 56.5 Å². The van der Waals surface area contributed by atoms with Gasteiger partial charge in [-0.1, -0.05) is 31.9 Å². The highest BCUT2D eigenvalue weighted by molar-refractivity contribution is 9.10. The highest BCUT2D eigenvalue weighted by Gasteiger charge is 2.08. The van der Waals surface area contributed by atoms with Gasteiger partial charge in [0.1, 0.15) is 24.7 Å². The quantitative estimate of drug-likeness (QED) is 0.710. The van der Waals surface area contributed by atoms with Gasteiger partial charge in [-0.2, -0.15) is 0 Å². The fraction of sp³-hybridized carbons (Fsp3) is 0.250. The Kier molecular flexibility index (Phi) is 6.08. The van der Waals surface area contributed by atoms with Crippen LogP contribution in [0.3, 0.4) is 0 Å². The molecule has 0 fully saturated rings. The van der Waals surface area contributed by atoms with Crippen molar-refractivity contribution in [2.75, 3.05) is 13.2 Å². The maximum absolute atomic E-state index is 5.82. The zero-order valence-corrected chi connectivity index (χ0v) is 14.9. The van der Waals surface area contributed by atoms with E-state index in [1.807, 2.05) is 43.3 Å². The van der Waals surface area contributed by atoms with E-state index in [2.05, 4.69) is 31.9 Å².